The van der Waals surface area contributed by atoms with Gasteiger partial charge in [-0.1, -0.05) is 56.3 Å². The number of nitrogens with one attached hydrogen (secondary N) is 2. The molecule has 1 amide bonds. The van der Waals surface area contributed by atoms with Gasteiger partial charge in [0.05, 0.1) is 6.04 Å². The van der Waals surface area contributed by atoms with Gasteiger partial charge in [-0.05, 0) is 47.0 Å². The van der Waals surface area contributed by atoms with Gasteiger partial charge in [0.1, 0.15) is 5.56 Å². The number of rotatable bonds is 6. The maximum atomic E-state index is 13.1. The predicted octanol–water partition coefficient (Wildman–Crippen LogP) is 5.31. The summed E-state index contributed by atoms with van der Waals surface area (Å²) in [7, 11) is 0. The number of fused-ring (bicyclic) bond motifs is 1. The SMILES string of the molecule is CC(C)Cc1ccc(C(NC(=O)c2c[nH]c3ccccc3c2=O)c2cccs2)cc1. The first kappa shape index (κ1) is 20.1. The van der Waals surface area contributed by atoms with Crippen molar-refractivity contribution in [2.75, 3.05) is 0 Å². The van der Waals surface area contributed by atoms with E-state index in [2.05, 4.69) is 48.4 Å². The van der Waals surface area contributed by atoms with Crippen LogP contribution in [-0.4, -0.2) is 10.9 Å². The first-order valence-electron chi connectivity index (χ1n) is 10.1. The van der Waals surface area contributed by atoms with Crippen LogP contribution in [0.5, 0.6) is 0 Å². The Morgan fingerprint density at radius 1 is 1.03 bits per heavy atom. The Kier molecular flexibility index (Phi) is 5.81. The third kappa shape index (κ3) is 4.21. The summed E-state index contributed by atoms with van der Waals surface area (Å²) in [6.45, 7) is 4.40. The van der Waals surface area contributed by atoms with Crippen molar-refractivity contribution in [3.05, 3.63) is 104 Å². The molecule has 152 valence electrons. The van der Waals surface area contributed by atoms with E-state index in [-0.39, 0.29) is 22.9 Å². The summed E-state index contributed by atoms with van der Waals surface area (Å²) in [5, 5.41) is 5.57. The molecular formula is C25H24N2O2S. The van der Waals surface area contributed by atoms with Crippen molar-refractivity contribution in [1.82, 2.24) is 10.3 Å². The number of pyridine rings is 1. The first-order chi connectivity index (χ1) is 14.5. The van der Waals surface area contributed by atoms with Gasteiger partial charge in [0.25, 0.3) is 5.91 Å². The van der Waals surface area contributed by atoms with E-state index in [4.69, 9.17) is 0 Å². The summed E-state index contributed by atoms with van der Waals surface area (Å²) in [5.74, 6) is 0.204. The Hall–Kier alpha value is -3.18. The number of para-hydroxylation sites is 1. The maximum Gasteiger partial charge on any atom is 0.257 e. The van der Waals surface area contributed by atoms with Crippen molar-refractivity contribution in [3.8, 4) is 0 Å². The topological polar surface area (TPSA) is 62.0 Å². The van der Waals surface area contributed by atoms with Crippen LogP contribution in [0.15, 0.2) is 77.0 Å². The van der Waals surface area contributed by atoms with Gasteiger partial charge >= 0.3 is 0 Å². The largest absolute Gasteiger partial charge is 0.360 e. The quantitative estimate of drug-likeness (QED) is 0.448. The molecule has 0 aliphatic carbocycles. The Morgan fingerprint density at radius 2 is 1.80 bits per heavy atom. The summed E-state index contributed by atoms with van der Waals surface area (Å²) >= 11 is 1.58. The second-order valence-corrected chi connectivity index (χ2v) is 8.82. The average Bonchev–Trinajstić information content (AvgIpc) is 3.27. The smallest absolute Gasteiger partial charge is 0.257 e. The number of aromatic nitrogens is 1. The summed E-state index contributed by atoms with van der Waals surface area (Å²) in [4.78, 5) is 30.0. The van der Waals surface area contributed by atoms with E-state index in [1.807, 2.05) is 29.6 Å². The minimum Gasteiger partial charge on any atom is -0.360 e. The van der Waals surface area contributed by atoms with E-state index >= 15 is 0 Å². The summed E-state index contributed by atoms with van der Waals surface area (Å²) in [5.41, 5.74) is 2.84. The number of benzene rings is 2. The van der Waals surface area contributed by atoms with Crippen molar-refractivity contribution in [2.45, 2.75) is 26.3 Å². The molecule has 0 saturated heterocycles. The lowest BCUT2D eigenvalue weighted by atomic mass is 9.98. The van der Waals surface area contributed by atoms with Crippen molar-refractivity contribution >= 4 is 28.1 Å². The standard InChI is InChI=1S/C25H24N2O2S/c1-16(2)14-17-9-11-18(12-10-17)23(22-8-5-13-30-22)27-25(29)20-15-26-21-7-4-3-6-19(21)24(20)28/h3-13,15-16,23H,14H2,1-2H3,(H,26,28)(H,27,29). The Labute approximate surface area is 179 Å². The molecule has 2 aromatic carbocycles. The summed E-state index contributed by atoms with van der Waals surface area (Å²) in [6, 6.07) is 19.2. The van der Waals surface area contributed by atoms with Crippen molar-refractivity contribution in [2.24, 2.45) is 5.92 Å². The normalized spacial score (nSPS) is 12.2. The van der Waals surface area contributed by atoms with E-state index in [1.54, 1.807) is 23.5 Å². The van der Waals surface area contributed by atoms with Gasteiger partial charge in [-0.2, -0.15) is 0 Å². The number of amides is 1. The number of carbonyl (C=O) groups excluding carboxylic acids is 1. The van der Waals surface area contributed by atoms with Gasteiger partial charge in [0.2, 0.25) is 5.43 Å². The number of hydrogen-bond acceptors (Lipinski definition) is 3. The van der Waals surface area contributed by atoms with E-state index < -0.39 is 0 Å². The van der Waals surface area contributed by atoms with Crippen molar-refractivity contribution < 1.29 is 4.79 Å². The average molecular weight is 417 g/mol. The van der Waals surface area contributed by atoms with E-state index in [0.29, 0.717) is 11.3 Å². The van der Waals surface area contributed by atoms with Crippen LogP contribution in [0.4, 0.5) is 0 Å². The van der Waals surface area contributed by atoms with Gasteiger partial charge < -0.3 is 10.3 Å². The van der Waals surface area contributed by atoms with Gasteiger partial charge in [0, 0.05) is 22.0 Å². The molecule has 0 bridgehead atoms. The number of hydrogen-bond donors (Lipinski definition) is 2. The second kappa shape index (κ2) is 8.67. The molecule has 0 spiro atoms. The molecule has 0 aliphatic rings. The van der Waals surface area contributed by atoms with Crippen LogP contribution in [0.2, 0.25) is 0 Å². The highest BCUT2D eigenvalue weighted by Gasteiger charge is 2.21. The molecule has 1 atom stereocenters. The lowest BCUT2D eigenvalue weighted by Crippen LogP contribution is -2.32. The van der Waals surface area contributed by atoms with E-state index in [1.165, 1.54) is 11.8 Å². The maximum absolute atomic E-state index is 13.1. The zero-order chi connectivity index (χ0) is 21.1. The highest BCUT2D eigenvalue weighted by atomic mass is 32.1. The van der Waals surface area contributed by atoms with Crippen LogP contribution in [0, 0.1) is 5.92 Å². The third-order valence-electron chi connectivity index (χ3n) is 5.09. The number of H-pyrrole nitrogens is 1. The number of carbonyl (C=O) groups is 1. The Morgan fingerprint density at radius 3 is 2.50 bits per heavy atom. The molecule has 2 aromatic heterocycles. The minimum atomic E-state index is -0.383. The molecule has 4 rings (SSSR count). The molecule has 30 heavy (non-hydrogen) atoms. The van der Waals surface area contributed by atoms with Gasteiger partial charge in [-0.25, -0.2) is 0 Å². The number of aromatic amines is 1. The predicted molar refractivity (Wildman–Crippen MR) is 123 cm³/mol. The monoisotopic (exact) mass is 416 g/mol. The van der Waals surface area contributed by atoms with Crippen LogP contribution in [0.3, 0.4) is 0 Å². The van der Waals surface area contributed by atoms with Gasteiger partial charge in [0.15, 0.2) is 0 Å². The van der Waals surface area contributed by atoms with Crippen LogP contribution < -0.4 is 10.7 Å². The van der Waals surface area contributed by atoms with Crippen LogP contribution >= 0.6 is 11.3 Å². The molecule has 0 radical (unpaired) electrons. The molecule has 1 unspecified atom stereocenters. The summed E-state index contributed by atoms with van der Waals surface area (Å²) in [6.07, 6.45) is 2.51. The first-order valence-corrected chi connectivity index (χ1v) is 10.9. The zero-order valence-electron chi connectivity index (χ0n) is 17.0. The lowest BCUT2D eigenvalue weighted by Gasteiger charge is -2.19. The van der Waals surface area contributed by atoms with Crippen LogP contribution in [0.1, 0.15) is 46.3 Å². The fourth-order valence-corrected chi connectivity index (χ4v) is 4.44. The van der Waals surface area contributed by atoms with E-state index in [0.717, 1.165) is 22.4 Å². The molecule has 2 heterocycles. The van der Waals surface area contributed by atoms with Crippen molar-refractivity contribution in [3.63, 3.8) is 0 Å². The van der Waals surface area contributed by atoms with Gasteiger partial charge in [-0.3, -0.25) is 9.59 Å². The summed E-state index contributed by atoms with van der Waals surface area (Å²) < 4.78 is 0. The molecule has 0 saturated carbocycles. The molecule has 0 fully saturated rings. The fraction of sp³-hybridized carbons (Fsp3) is 0.200. The lowest BCUT2D eigenvalue weighted by molar-refractivity contribution is 0.0942. The molecule has 2 N–H and O–H groups in total. The van der Waals surface area contributed by atoms with Crippen LogP contribution in [0.25, 0.3) is 10.9 Å². The molecule has 0 aliphatic heterocycles. The molecular weight excluding hydrogens is 392 g/mol. The zero-order valence-corrected chi connectivity index (χ0v) is 17.8. The molecule has 5 heteroatoms. The highest BCUT2D eigenvalue weighted by Crippen LogP contribution is 2.27. The molecule has 4 aromatic rings. The van der Waals surface area contributed by atoms with Gasteiger partial charge in [-0.15, -0.1) is 11.3 Å². The Bertz CT molecular complexity index is 1210. The Balaban J connectivity index is 1.65. The molecule has 4 nitrogen and oxygen atoms in total. The number of thiophene rings is 1. The highest BCUT2D eigenvalue weighted by molar-refractivity contribution is 7.10. The minimum absolute atomic E-state index is 0.117. The van der Waals surface area contributed by atoms with E-state index in [9.17, 15) is 9.59 Å². The van der Waals surface area contributed by atoms with Crippen LogP contribution in [-0.2, 0) is 6.42 Å². The van der Waals surface area contributed by atoms with Crippen molar-refractivity contribution in [1.29, 1.82) is 0 Å². The fourth-order valence-electron chi connectivity index (χ4n) is 3.64. The third-order valence-corrected chi connectivity index (χ3v) is 6.03. The second-order valence-electron chi connectivity index (χ2n) is 7.84.